The Balaban J connectivity index is 1.54. The molecule has 4 aromatic heterocycles. The number of carbonyl (C=O) groups is 1. The molecule has 0 aliphatic carbocycles. The number of likely N-dealkylation sites (N-methyl/N-ethyl adjacent to an activating group) is 1. The number of anilines is 2. The highest BCUT2D eigenvalue weighted by atomic mass is 19.1. The highest BCUT2D eigenvalue weighted by Gasteiger charge is 2.41. The highest BCUT2D eigenvalue weighted by Crippen LogP contribution is 2.46. The zero-order valence-electron chi connectivity index (χ0n) is 23.5. The van der Waals surface area contributed by atoms with Gasteiger partial charge in [0.1, 0.15) is 17.0 Å². The molecule has 42 heavy (non-hydrogen) atoms. The minimum atomic E-state index is -1.31. The first-order chi connectivity index (χ1) is 20.3. The van der Waals surface area contributed by atoms with Gasteiger partial charge in [0.05, 0.1) is 27.7 Å². The van der Waals surface area contributed by atoms with Gasteiger partial charge in [-0.25, -0.2) is 23.8 Å². The van der Waals surface area contributed by atoms with Crippen molar-refractivity contribution in [1.29, 1.82) is 0 Å². The van der Waals surface area contributed by atoms with E-state index >= 15 is 0 Å². The Morgan fingerprint density at radius 1 is 1.19 bits per heavy atom. The molecule has 0 spiro atoms. The molecule has 2 atom stereocenters. The monoisotopic (exact) mass is 570 g/mol. The van der Waals surface area contributed by atoms with Crippen molar-refractivity contribution >= 4 is 50.3 Å². The Morgan fingerprint density at radius 3 is 2.79 bits per heavy atom. The van der Waals surface area contributed by atoms with Gasteiger partial charge in [0.15, 0.2) is 5.65 Å². The van der Waals surface area contributed by atoms with E-state index in [9.17, 15) is 19.1 Å². The number of aromatic carboxylic acids is 1. The maximum absolute atomic E-state index is 14.9. The maximum atomic E-state index is 14.9. The largest absolute Gasteiger partial charge is 0.477 e. The third-order valence-electron chi connectivity index (χ3n) is 8.67. The molecule has 2 aliphatic rings. The lowest BCUT2D eigenvalue weighted by molar-refractivity contribution is 0.0695. The molecule has 0 unspecified atom stereocenters. The number of aromatic amines is 1. The van der Waals surface area contributed by atoms with Crippen LogP contribution in [-0.4, -0.2) is 81.9 Å². The fraction of sp³-hybridized carbons (Fsp3) is 0.333. The minimum Gasteiger partial charge on any atom is -0.477 e. The van der Waals surface area contributed by atoms with Gasteiger partial charge in [0, 0.05) is 74.4 Å². The van der Waals surface area contributed by atoms with E-state index in [1.54, 1.807) is 25.5 Å². The molecule has 0 amide bonds. The Labute approximate surface area is 239 Å². The van der Waals surface area contributed by atoms with Crippen LogP contribution in [0.2, 0.25) is 0 Å². The predicted molar refractivity (Wildman–Crippen MR) is 162 cm³/mol. The number of H-pyrrole nitrogens is 1. The SMILES string of the molecule is CCNn1cc(C(=O)O)c(=O)c2cc(-c3cnc4[nH]c5c(NC)cc(F)cc5c4c3N3CC[C@H]4CN(C)C[C@H]43)cnc21. The summed E-state index contributed by atoms with van der Waals surface area (Å²) >= 11 is 0. The number of pyridine rings is 3. The summed E-state index contributed by atoms with van der Waals surface area (Å²) in [6.45, 7) is 5.12. The summed E-state index contributed by atoms with van der Waals surface area (Å²) in [6.07, 6.45) is 5.75. The summed E-state index contributed by atoms with van der Waals surface area (Å²) in [4.78, 5) is 42.8. The average Bonchev–Trinajstić information content (AvgIpc) is 3.65. The van der Waals surface area contributed by atoms with Gasteiger partial charge < -0.3 is 30.6 Å². The molecular weight excluding hydrogens is 539 g/mol. The smallest absolute Gasteiger partial charge is 0.341 e. The van der Waals surface area contributed by atoms with Gasteiger partial charge in [0.25, 0.3) is 0 Å². The molecule has 216 valence electrons. The van der Waals surface area contributed by atoms with E-state index in [1.165, 1.54) is 23.0 Å². The number of aromatic nitrogens is 4. The van der Waals surface area contributed by atoms with Crippen LogP contribution in [0.1, 0.15) is 23.7 Å². The first kappa shape index (κ1) is 26.2. The van der Waals surface area contributed by atoms with Crippen LogP contribution in [-0.2, 0) is 0 Å². The average molecular weight is 571 g/mol. The second-order valence-electron chi connectivity index (χ2n) is 11.2. The van der Waals surface area contributed by atoms with Crippen molar-refractivity contribution < 1.29 is 14.3 Å². The molecule has 6 heterocycles. The Kier molecular flexibility index (Phi) is 6.05. The van der Waals surface area contributed by atoms with Gasteiger partial charge in [-0.2, -0.15) is 0 Å². The normalized spacial score (nSPS) is 18.8. The molecule has 12 heteroatoms. The van der Waals surface area contributed by atoms with Crippen molar-refractivity contribution in [3.05, 3.63) is 58.4 Å². The lowest BCUT2D eigenvalue weighted by atomic mass is 10.00. The standard InChI is InChI=1S/C30H31FN8O3/c1-4-35-39-13-21(30(41)42)27(40)19-7-16(10-34-29(19)39)20-11-33-28-24(18-8-17(31)9-22(32-2)25(18)36-28)26(20)38-6-5-15-12-37(3)14-23(15)38/h7-11,13,15,23,32,35H,4-6,12,14H2,1-3H3,(H,33,36)(H,41,42)/t15-,23+/m0/s1. The van der Waals surface area contributed by atoms with Gasteiger partial charge in [-0.05, 0) is 44.5 Å². The molecule has 0 saturated carbocycles. The van der Waals surface area contributed by atoms with Gasteiger partial charge in [-0.1, -0.05) is 0 Å². The zero-order valence-corrected chi connectivity index (χ0v) is 23.5. The maximum Gasteiger partial charge on any atom is 0.341 e. The summed E-state index contributed by atoms with van der Waals surface area (Å²) in [5.74, 6) is -1.17. The second-order valence-corrected chi connectivity index (χ2v) is 11.2. The fourth-order valence-electron chi connectivity index (χ4n) is 6.87. The van der Waals surface area contributed by atoms with Crippen molar-refractivity contribution in [2.24, 2.45) is 5.92 Å². The quantitative estimate of drug-likeness (QED) is 0.241. The van der Waals surface area contributed by atoms with Crippen LogP contribution in [0.3, 0.4) is 0 Å². The third kappa shape index (κ3) is 3.89. The molecular formula is C30H31FN8O3. The summed E-state index contributed by atoms with van der Waals surface area (Å²) in [7, 11) is 3.88. The van der Waals surface area contributed by atoms with Gasteiger partial charge in [-0.3, -0.25) is 4.79 Å². The van der Waals surface area contributed by atoms with Crippen molar-refractivity contribution in [3.63, 3.8) is 0 Å². The number of nitrogens with zero attached hydrogens (tertiary/aromatic N) is 5. The van der Waals surface area contributed by atoms with E-state index in [0.717, 1.165) is 48.2 Å². The molecule has 2 fully saturated rings. The molecule has 0 bridgehead atoms. The van der Waals surface area contributed by atoms with Crippen LogP contribution in [0.25, 0.3) is 44.1 Å². The van der Waals surface area contributed by atoms with Crippen molar-refractivity contribution in [1.82, 2.24) is 24.5 Å². The number of halogens is 1. The van der Waals surface area contributed by atoms with Crippen LogP contribution < -0.4 is 21.1 Å². The lowest BCUT2D eigenvalue weighted by Crippen LogP contribution is -2.35. The van der Waals surface area contributed by atoms with E-state index in [4.69, 9.17) is 4.98 Å². The van der Waals surface area contributed by atoms with Crippen molar-refractivity contribution in [2.75, 3.05) is 55.9 Å². The Morgan fingerprint density at radius 2 is 2.02 bits per heavy atom. The molecule has 2 aliphatic heterocycles. The molecule has 2 saturated heterocycles. The van der Waals surface area contributed by atoms with E-state index < -0.39 is 11.4 Å². The minimum absolute atomic E-state index is 0.182. The van der Waals surface area contributed by atoms with Gasteiger partial charge in [0.2, 0.25) is 5.43 Å². The van der Waals surface area contributed by atoms with Crippen LogP contribution >= 0.6 is 0 Å². The van der Waals surface area contributed by atoms with E-state index in [0.29, 0.717) is 40.4 Å². The summed E-state index contributed by atoms with van der Waals surface area (Å²) in [5, 5.41) is 14.5. The van der Waals surface area contributed by atoms with Crippen LogP contribution in [0, 0.1) is 11.7 Å². The third-order valence-corrected chi connectivity index (χ3v) is 8.67. The van der Waals surface area contributed by atoms with Gasteiger partial charge >= 0.3 is 5.97 Å². The number of rotatable bonds is 6. The molecule has 1 aromatic carbocycles. The molecule has 0 radical (unpaired) electrons. The number of hydrogen-bond donors (Lipinski definition) is 4. The number of hydrogen-bond acceptors (Lipinski definition) is 8. The summed E-state index contributed by atoms with van der Waals surface area (Å²) in [6, 6.07) is 4.95. The van der Waals surface area contributed by atoms with Crippen molar-refractivity contribution in [3.8, 4) is 11.1 Å². The highest BCUT2D eigenvalue weighted by molar-refractivity contribution is 6.18. The van der Waals surface area contributed by atoms with Gasteiger partial charge in [-0.15, -0.1) is 0 Å². The van der Waals surface area contributed by atoms with Crippen molar-refractivity contribution in [2.45, 2.75) is 19.4 Å². The molecule has 5 aromatic rings. The number of fused-ring (bicyclic) bond motifs is 5. The van der Waals surface area contributed by atoms with E-state index in [-0.39, 0.29) is 22.8 Å². The Hall–Kier alpha value is -4.71. The molecule has 4 N–H and O–H groups in total. The second kappa shape index (κ2) is 9.69. The van der Waals surface area contributed by atoms with Crippen LogP contribution in [0.5, 0.6) is 0 Å². The molecule has 7 rings (SSSR count). The number of likely N-dealkylation sites (tertiary alicyclic amines) is 1. The first-order valence-electron chi connectivity index (χ1n) is 14.1. The van der Waals surface area contributed by atoms with Crippen LogP contribution in [0.4, 0.5) is 15.8 Å². The topological polar surface area (TPSA) is 131 Å². The Bertz CT molecular complexity index is 1970. The zero-order chi connectivity index (χ0) is 29.3. The fourth-order valence-corrected chi connectivity index (χ4v) is 6.87. The number of carboxylic acid groups (broad SMARTS) is 1. The number of carboxylic acids is 1. The first-order valence-corrected chi connectivity index (χ1v) is 14.1. The predicted octanol–water partition coefficient (Wildman–Crippen LogP) is 3.68. The number of nitrogens with one attached hydrogen (secondary N) is 3. The molecule has 11 nitrogen and oxygen atoms in total. The van der Waals surface area contributed by atoms with E-state index in [2.05, 4.69) is 37.6 Å². The summed E-state index contributed by atoms with van der Waals surface area (Å²) < 4.78 is 16.4. The number of benzene rings is 1. The van der Waals surface area contributed by atoms with Crippen LogP contribution in [0.15, 0.2) is 41.6 Å². The van der Waals surface area contributed by atoms with E-state index in [1.807, 2.05) is 6.92 Å². The summed E-state index contributed by atoms with van der Waals surface area (Å²) in [5.41, 5.74) is 6.74. The lowest BCUT2D eigenvalue weighted by Gasteiger charge is -2.29.